The van der Waals surface area contributed by atoms with Gasteiger partial charge in [-0.3, -0.25) is 5.01 Å². The van der Waals surface area contributed by atoms with Gasteiger partial charge in [0.05, 0.1) is 0 Å². The van der Waals surface area contributed by atoms with E-state index in [1.54, 1.807) is 0 Å². The zero-order chi connectivity index (χ0) is 5.28. The molecule has 1 aliphatic rings. The van der Waals surface area contributed by atoms with Gasteiger partial charge in [0.15, 0.2) is 0 Å². The maximum atomic E-state index is 4.06. The fourth-order valence-corrected chi connectivity index (χ4v) is 0.987. The Balaban J connectivity index is 2.50. The Morgan fingerprint density at radius 2 is 2.57 bits per heavy atom. The van der Waals surface area contributed by atoms with Crippen molar-refractivity contribution in [1.82, 2.24) is 5.01 Å². The largest absolute Gasteiger partial charge is 0.299 e. The molecule has 0 N–H and O–H groups in total. The number of hydrogen-bond acceptors (Lipinski definition) is 2. The van der Waals surface area contributed by atoms with Crippen LogP contribution in [0.15, 0.2) is 5.10 Å². The predicted octanol–water partition coefficient (Wildman–Crippen LogP) is 1.03. The quantitative estimate of drug-likeness (QED) is 0.520. The van der Waals surface area contributed by atoms with Crippen LogP contribution < -0.4 is 0 Å². The minimum absolute atomic E-state index is 1.06. The molecule has 0 unspecified atom stereocenters. The third-order valence-corrected chi connectivity index (χ3v) is 1.48. The first kappa shape index (κ1) is 5.09. The van der Waals surface area contributed by atoms with Crippen molar-refractivity contribution in [2.45, 2.75) is 6.42 Å². The lowest BCUT2D eigenvalue weighted by molar-refractivity contribution is 0.393. The molecule has 3 heteroatoms. The highest BCUT2D eigenvalue weighted by Gasteiger charge is 2.05. The van der Waals surface area contributed by atoms with E-state index in [4.69, 9.17) is 0 Å². The van der Waals surface area contributed by atoms with E-state index in [-0.39, 0.29) is 0 Å². The molecule has 0 aromatic rings. The topological polar surface area (TPSA) is 15.6 Å². The van der Waals surface area contributed by atoms with Crippen molar-refractivity contribution in [2.24, 2.45) is 5.10 Å². The van der Waals surface area contributed by atoms with E-state index in [0.717, 1.165) is 17.6 Å². The summed E-state index contributed by atoms with van der Waals surface area (Å²) in [6.45, 7) is 1.06. The van der Waals surface area contributed by atoms with Crippen LogP contribution in [-0.2, 0) is 0 Å². The van der Waals surface area contributed by atoms with Gasteiger partial charge in [0.1, 0.15) is 4.62 Å². The van der Waals surface area contributed by atoms with Gasteiger partial charge in [0, 0.05) is 20.0 Å². The zero-order valence-corrected chi connectivity index (χ0v) is 5.77. The summed E-state index contributed by atoms with van der Waals surface area (Å²) in [5, 5.41) is 5.98. The molecular formula is C4H7BrN2. The minimum atomic E-state index is 1.06. The van der Waals surface area contributed by atoms with Crippen LogP contribution in [0.1, 0.15) is 6.42 Å². The van der Waals surface area contributed by atoms with E-state index in [2.05, 4.69) is 21.0 Å². The van der Waals surface area contributed by atoms with Crippen LogP contribution in [0.25, 0.3) is 0 Å². The maximum Gasteiger partial charge on any atom is 0.105 e. The van der Waals surface area contributed by atoms with E-state index >= 15 is 0 Å². The summed E-state index contributed by atoms with van der Waals surface area (Å²) < 4.78 is 1.06. The molecule has 7 heavy (non-hydrogen) atoms. The summed E-state index contributed by atoms with van der Waals surface area (Å²) >= 11 is 3.29. The molecule has 0 aromatic heterocycles. The fraction of sp³-hybridized carbons (Fsp3) is 0.750. The standard InChI is InChI=1S/C4H7BrN2/c1-7-3-2-4(5)6-7/h2-3H2,1H3. The van der Waals surface area contributed by atoms with E-state index in [9.17, 15) is 0 Å². The Morgan fingerprint density at radius 3 is 2.71 bits per heavy atom. The number of nitrogens with zero attached hydrogens (tertiary/aromatic N) is 2. The zero-order valence-electron chi connectivity index (χ0n) is 4.19. The highest BCUT2D eigenvalue weighted by atomic mass is 79.9. The number of hydrazone groups is 1. The second-order valence-electron chi connectivity index (χ2n) is 1.61. The smallest absolute Gasteiger partial charge is 0.105 e. The van der Waals surface area contributed by atoms with Crippen molar-refractivity contribution < 1.29 is 0 Å². The molecule has 0 aliphatic carbocycles. The first-order valence-electron chi connectivity index (χ1n) is 2.23. The van der Waals surface area contributed by atoms with Gasteiger partial charge >= 0.3 is 0 Å². The summed E-state index contributed by atoms with van der Waals surface area (Å²) in [5.41, 5.74) is 0. The summed E-state index contributed by atoms with van der Waals surface area (Å²) in [5.74, 6) is 0. The van der Waals surface area contributed by atoms with Gasteiger partial charge in [-0.05, 0) is 15.9 Å². The molecule has 0 saturated heterocycles. The van der Waals surface area contributed by atoms with Gasteiger partial charge in [0.2, 0.25) is 0 Å². The lowest BCUT2D eigenvalue weighted by atomic mass is 10.5. The monoisotopic (exact) mass is 162 g/mol. The van der Waals surface area contributed by atoms with Gasteiger partial charge < -0.3 is 0 Å². The van der Waals surface area contributed by atoms with E-state index in [0.29, 0.717) is 0 Å². The molecule has 0 radical (unpaired) electrons. The predicted molar refractivity (Wildman–Crippen MR) is 33.6 cm³/mol. The highest BCUT2D eigenvalue weighted by Crippen LogP contribution is 2.06. The first-order chi connectivity index (χ1) is 3.29. The molecular weight excluding hydrogens is 156 g/mol. The number of hydrogen-bond donors (Lipinski definition) is 0. The van der Waals surface area contributed by atoms with Crippen molar-refractivity contribution in [3.8, 4) is 0 Å². The van der Waals surface area contributed by atoms with Crippen molar-refractivity contribution in [3.05, 3.63) is 0 Å². The normalized spacial score (nSPS) is 20.3. The Hall–Kier alpha value is -0.0500. The molecule has 0 atom stereocenters. The Bertz CT molecular complexity index is 99.9. The number of halogens is 1. The third kappa shape index (κ3) is 1.16. The molecule has 0 saturated carbocycles. The SMILES string of the molecule is CN1CCC(Br)=N1. The molecule has 1 aliphatic heterocycles. The van der Waals surface area contributed by atoms with Crippen molar-refractivity contribution in [1.29, 1.82) is 0 Å². The van der Waals surface area contributed by atoms with Crippen molar-refractivity contribution >= 4 is 20.6 Å². The van der Waals surface area contributed by atoms with Crippen LogP contribution in [0.2, 0.25) is 0 Å². The van der Waals surface area contributed by atoms with E-state index < -0.39 is 0 Å². The second-order valence-corrected chi connectivity index (χ2v) is 2.52. The van der Waals surface area contributed by atoms with Crippen LogP contribution in [-0.4, -0.2) is 23.2 Å². The van der Waals surface area contributed by atoms with Crippen LogP contribution in [0.3, 0.4) is 0 Å². The average Bonchev–Trinajstić information content (AvgIpc) is 1.87. The summed E-state index contributed by atoms with van der Waals surface area (Å²) in [6.07, 6.45) is 1.07. The Kier molecular flexibility index (Phi) is 1.32. The average molecular weight is 163 g/mol. The third-order valence-electron chi connectivity index (χ3n) is 0.921. The fourth-order valence-electron chi connectivity index (χ4n) is 0.539. The lowest BCUT2D eigenvalue weighted by Gasteiger charge is -2.00. The molecule has 0 amide bonds. The maximum absolute atomic E-state index is 4.06. The van der Waals surface area contributed by atoms with Gasteiger partial charge in [-0.15, -0.1) is 0 Å². The Labute approximate surface area is 51.3 Å². The van der Waals surface area contributed by atoms with Crippen LogP contribution in [0, 0.1) is 0 Å². The summed E-state index contributed by atoms with van der Waals surface area (Å²) in [7, 11) is 1.97. The van der Waals surface area contributed by atoms with Crippen LogP contribution in [0.4, 0.5) is 0 Å². The molecule has 1 rings (SSSR count). The molecule has 0 fully saturated rings. The molecule has 0 bridgehead atoms. The lowest BCUT2D eigenvalue weighted by Crippen LogP contribution is -2.04. The highest BCUT2D eigenvalue weighted by molar-refractivity contribution is 9.18. The molecule has 0 aromatic carbocycles. The van der Waals surface area contributed by atoms with Gasteiger partial charge in [0.25, 0.3) is 0 Å². The van der Waals surface area contributed by atoms with Gasteiger partial charge in [-0.1, -0.05) is 0 Å². The molecule has 2 nitrogen and oxygen atoms in total. The Morgan fingerprint density at radius 1 is 1.86 bits per heavy atom. The van der Waals surface area contributed by atoms with Gasteiger partial charge in [-0.25, -0.2) is 0 Å². The van der Waals surface area contributed by atoms with Crippen LogP contribution >= 0.6 is 15.9 Å². The van der Waals surface area contributed by atoms with Gasteiger partial charge in [-0.2, -0.15) is 5.10 Å². The summed E-state index contributed by atoms with van der Waals surface area (Å²) in [4.78, 5) is 0. The van der Waals surface area contributed by atoms with Crippen LogP contribution in [0.5, 0.6) is 0 Å². The second kappa shape index (κ2) is 1.82. The number of rotatable bonds is 0. The minimum Gasteiger partial charge on any atom is -0.299 e. The first-order valence-corrected chi connectivity index (χ1v) is 3.02. The molecule has 40 valence electrons. The molecule has 1 heterocycles. The molecule has 0 spiro atoms. The van der Waals surface area contributed by atoms with Crippen molar-refractivity contribution in [3.63, 3.8) is 0 Å². The van der Waals surface area contributed by atoms with E-state index in [1.807, 2.05) is 12.1 Å². The van der Waals surface area contributed by atoms with Crippen molar-refractivity contribution in [2.75, 3.05) is 13.6 Å². The van der Waals surface area contributed by atoms with E-state index in [1.165, 1.54) is 0 Å². The summed E-state index contributed by atoms with van der Waals surface area (Å²) in [6, 6.07) is 0.